The third-order valence-electron chi connectivity index (χ3n) is 2.26. The molecule has 0 saturated heterocycles. The van der Waals surface area contributed by atoms with Crippen molar-refractivity contribution in [2.45, 2.75) is 6.54 Å². The molecule has 0 aliphatic heterocycles. The van der Waals surface area contributed by atoms with Gasteiger partial charge in [0.25, 0.3) is 0 Å². The molecule has 2 aromatic rings. The standard InChI is InChI=1S/C12H11F2N3/c13-9-6-10(14)12(17-11(9)15)16-7-8-4-2-1-3-5-8/h1-6H,7H2,(H3,15,16,17). The first-order valence-corrected chi connectivity index (χ1v) is 5.06. The average Bonchev–Trinajstić information content (AvgIpc) is 2.33. The Morgan fingerprint density at radius 1 is 1.12 bits per heavy atom. The molecule has 0 saturated carbocycles. The number of hydrogen-bond acceptors (Lipinski definition) is 3. The average molecular weight is 235 g/mol. The minimum atomic E-state index is -0.854. The van der Waals surface area contributed by atoms with Gasteiger partial charge in [0.15, 0.2) is 23.3 Å². The van der Waals surface area contributed by atoms with Crippen molar-refractivity contribution in [1.82, 2.24) is 4.98 Å². The first kappa shape index (κ1) is 11.3. The molecule has 0 bridgehead atoms. The lowest BCUT2D eigenvalue weighted by molar-refractivity contribution is 0.579. The van der Waals surface area contributed by atoms with Crippen LogP contribution in [0.25, 0.3) is 0 Å². The van der Waals surface area contributed by atoms with Crippen LogP contribution in [0.3, 0.4) is 0 Å². The number of nitrogens with two attached hydrogens (primary N) is 1. The summed E-state index contributed by atoms with van der Waals surface area (Å²) in [6.07, 6.45) is 0. The summed E-state index contributed by atoms with van der Waals surface area (Å²) in [6, 6.07) is 10.1. The molecule has 17 heavy (non-hydrogen) atoms. The maximum Gasteiger partial charge on any atom is 0.168 e. The predicted molar refractivity (Wildman–Crippen MR) is 62.3 cm³/mol. The van der Waals surface area contributed by atoms with Crippen molar-refractivity contribution in [1.29, 1.82) is 0 Å². The van der Waals surface area contributed by atoms with Crippen molar-refractivity contribution < 1.29 is 8.78 Å². The maximum absolute atomic E-state index is 13.3. The van der Waals surface area contributed by atoms with E-state index < -0.39 is 11.6 Å². The summed E-state index contributed by atoms with van der Waals surface area (Å²) in [5.41, 5.74) is 6.23. The molecular formula is C12H11F2N3. The van der Waals surface area contributed by atoms with Crippen LogP contribution in [-0.2, 0) is 6.54 Å². The second-order valence-electron chi connectivity index (χ2n) is 3.53. The number of pyridine rings is 1. The summed E-state index contributed by atoms with van der Waals surface area (Å²) in [5.74, 6) is -1.98. The number of nitrogens with one attached hydrogen (secondary N) is 1. The van der Waals surface area contributed by atoms with Crippen LogP contribution in [0, 0.1) is 11.6 Å². The summed E-state index contributed by atoms with van der Waals surface area (Å²) in [4.78, 5) is 3.60. The van der Waals surface area contributed by atoms with E-state index in [0.717, 1.165) is 11.6 Å². The van der Waals surface area contributed by atoms with Gasteiger partial charge in [0, 0.05) is 12.6 Å². The molecule has 0 spiro atoms. The van der Waals surface area contributed by atoms with Gasteiger partial charge in [-0.1, -0.05) is 30.3 Å². The van der Waals surface area contributed by atoms with Gasteiger partial charge in [-0.3, -0.25) is 0 Å². The fraction of sp³-hybridized carbons (Fsp3) is 0.0833. The largest absolute Gasteiger partial charge is 0.381 e. The lowest BCUT2D eigenvalue weighted by Crippen LogP contribution is -2.06. The number of anilines is 2. The lowest BCUT2D eigenvalue weighted by Gasteiger charge is -2.07. The van der Waals surface area contributed by atoms with Gasteiger partial charge in [-0.15, -0.1) is 0 Å². The zero-order chi connectivity index (χ0) is 12.3. The smallest absolute Gasteiger partial charge is 0.168 e. The Labute approximate surface area is 97.3 Å². The molecule has 0 aliphatic rings. The molecule has 5 heteroatoms. The van der Waals surface area contributed by atoms with Crippen LogP contribution in [0.15, 0.2) is 36.4 Å². The fourth-order valence-corrected chi connectivity index (χ4v) is 1.39. The van der Waals surface area contributed by atoms with E-state index >= 15 is 0 Å². The Balaban J connectivity index is 2.12. The van der Waals surface area contributed by atoms with Gasteiger partial charge in [-0.25, -0.2) is 13.8 Å². The monoisotopic (exact) mass is 235 g/mol. The van der Waals surface area contributed by atoms with Crippen molar-refractivity contribution >= 4 is 11.6 Å². The van der Waals surface area contributed by atoms with E-state index in [0.29, 0.717) is 6.54 Å². The van der Waals surface area contributed by atoms with E-state index in [-0.39, 0.29) is 11.6 Å². The van der Waals surface area contributed by atoms with Gasteiger partial charge < -0.3 is 11.1 Å². The Hall–Kier alpha value is -2.17. The molecule has 2 rings (SSSR count). The first-order valence-electron chi connectivity index (χ1n) is 5.06. The highest BCUT2D eigenvalue weighted by Gasteiger charge is 2.08. The van der Waals surface area contributed by atoms with Crippen LogP contribution < -0.4 is 11.1 Å². The fourth-order valence-electron chi connectivity index (χ4n) is 1.39. The molecule has 88 valence electrons. The zero-order valence-corrected chi connectivity index (χ0v) is 8.95. The van der Waals surface area contributed by atoms with Gasteiger partial charge in [-0.05, 0) is 5.56 Å². The molecule has 0 unspecified atom stereocenters. The van der Waals surface area contributed by atoms with Crippen molar-refractivity contribution in [3.63, 3.8) is 0 Å². The summed E-state index contributed by atoms with van der Waals surface area (Å²) >= 11 is 0. The Kier molecular flexibility index (Phi) is 3.18. The molecule has 3 N–H and O–H groups in total. The molecule has 1 aromatic carbocycles. The minimum absolute atomic E-state index is 0.0484. The van der Waals surface area contributed by atoms with E-state index in [2.05, 4.69) is 10.3 Å². The molecule has 0 radical (unpaired) electrons. The predicted octanol–water partition coefficient (Wildman–Crippen LogP) is 2.55. The molecule has 0 amide bonds. The van der Waals surface area contributed by atoms with E-state index in [1.54, 1.807) is 0 Å². The van der Waals surface area contributed by atoms with Crippen molar-refractivity contribution in [3.8, 4) is 0 Å². The van der Waals surface area contributed by atoms with Gasteiger partial charge in [-0.2, -0.15) is 0 Å². The molecule has 0 fully saturated rings. The second-order valence-corrected chi connectivity index (χ2v) is 3.53. The lowest BCUT2D eigenvalue weighted by atomic mass is 10.2. The van der Waals surface area contributed by atoms with Crippen LogP contribution in [0.5, 0.6) is 0 Å². The van der Waals surface area contributed by atoms with E-state index in [4.69, 9.17) is 5.73 Å². The van der Waals surface area contributed by atoms with E-state index in [9.17, 15) is 8.78 Å². The van der Waals surface area contributed by atoms with Crippen LogP contribution in [0.4, 0.5) is 20.4 Å². The maximum atomic E-state index is 13.3. The summed E-state index contributed by atoms with van der Waals surface area (Å²) in [5, 5.41) is 2.76. The van der Waals surface area contributed by atoms with Crippen LogP contribution >= 0.6 is 0 Å². The molecule has 1 heterocycles. The molecule has 1 aromatic heterocycles. The number of benzene rings is 1. The third kappa shape index (κ3) is 2.69. The number of rotatable bonds is 3. The van der Waals surface area contributed by atoms with E-state index in [1.807, 2.05) is 30.3 Å². The molecule has 0 aliphatic carbocycles. The van der Waals surface area contributed by atoms with Gasteiger partial charge in [0.05, 0.1) is 0 Å². The molecule has 3 nitrogen and oxygen atoms in total. The van der Waals surface area contributed by atoms with Crippen LogP contribution in [-0.4, -0.2) is 4.98 Å². The van der Waals surface area contributed by atoms with Gasteiger partial charge in [0.2, 0.25) is 0 Å². The van der Waals surface area contributed by atoms with Crippen LogP contribution in [0.1, 0.15) is 5.56 Å². The Morgan fingerprint density at radius 2 is 1.82 bits per heavy atom. The zero-order valence-electron chi connectivity index (χ0n) is 8.95. The number of aromatic nitrogens is 1. The Bertz CT molecular complexity index is 515. The normalized spacial score (nSPS) is 10.2. The number of nitrogens with zero attached hydrogens (tertiary/aromatic N) is 1. The second kappa shape index (κ2) is 4.78. The Morgan fingerprint density at radius 3 is 2.53 bits per heavy atom. The summed E-state index contributed by atoms with van der Waals surface area (Å²) in [6.45, 7) is 0.399. The first-order chi connectivity index (χ1) is 8.16. The number of nitrogen functional groups attached to an aromatic ring is 1. The van der Waals surface area contributed by atoms with Gasteiger partial charge in [0.1, 0.15) is 0 Å². The molecular weight excluding hydrogens is 224 g/mol. The topological polar surface area (TPSA) is 50.9 Å². The van der Waals surface area contributed by atoms with Crippen LogP contribution in [0.2, 0.25) is 0 Å². The quantitative estimate of drug-likeness (QED) is 0.859. The van der Waals surface area contributed by atoms with E-state index in [1.165, 1.54) is 0 Å². The highest BCUT2D eigenvalue weighted by atomic mass is 19.1. The number of halogens is 2. The SMILES string of the molecule is Nc1nc(NCc2ccccc2)c(F)cc1F. The summed E-state index contributed by atoms with van der Waals surface area (Å²) < 4.78 is 26.2. The summed E-state index contributed by atoms with van der Waals surface area (Å²) in [7, 11) is 0. The minimum Gasteiger partial charge on any atom is -0.381 e. The number of hydrogen-bond donors (Lipinski definition) is 2. The highest BCUT2D eigenvalue weighted by Crippen LogP contribution is 2.17. The molecule has 0 atom stereocenters. The third-order valence-corrected chi connectivity index (χ3v) is 2.26. The van der Waals surface area contributed by atoms with Crippen molar-refractivity contribution in [3.05, 3.63) is 53.6 Å². The highest BCUT2D eigenvalue weighted by molar-refractivity contribution is 5.45. The van der Waals surface area contributed by atoms with Crippen molar-refractivity contribution in [2.24, 2.45) is 0 Å². The van der Waals surface area contributed by atoms with Gasteiger partial charge >= 0.3 is 0 Å². The van der Waals surface area contributed by atoms with Crippen molar-refractivity contribution in [2.75, 3.05) is 11.1 Å².